The van der Waals surface area contributed by atoms with E-state index in [4.69, 9.17) is 6.57 Å². The van der Waals surface area contributed by atoms with E-state index in [1.807, 2.05) is 36.4 Å². The first-order valence-electron chi connectivity index (χ1n) is 10.9. The molecule has 0 bridgehead atoms. The van der Waals surface area contributed by atoms with Gasteiger partial charge in [0.25, 0.3) is 5.56 Å². The number of hydrogen-bond donors (Lipinski definition) is 1. The minimum absolute atomic E-state index is 0.0191. The molecule has 160 valence electrons. The topological polar surface area (TPSA) is 48.6 Å². The lowest BCUT2D eigenvalue weighted by molar-refractivity contribution is 0.261. The number of hydrogen-bond acceptors (Lipinski definition) is 3. The summed E-state index contributed by atoms with van der Waals surface area (Å²) in [4.78, 5) is 23.8. The van der Waals surface area contributed by atoms with Gasteiger partial charge in [-0.05, 0) is 59.8 Å². The fourth-order valence-electron chi connectivity index (χ4n) is 4.42. The first kappa shape index (κ1) is 20.1. The Kier molecular flexibility index (Phi) is 5.49. The van der Waals surface area contributed by atoms with E-state index in [0.29, 0.717) is 5.69 Å². The van der Waals surface area contributed by atoms with Crippen molar-refractivity contribution in [3.8, 4) is 5.69 Å². The molecule has 1 aliphatic rings. The molecule has 5 rings (SSSR count). The average Bonchev–Trinajstić information content (AvgIpc) is 3.25. The van der Waals surface area contributed by atoms with E-state index in [1.54, 1.807) is 22.9 Å². The van der Waals surface area contributed by atoms with Gasteiger partial charge in [-0.2, -0.15) is 0 Å². The third-order valence-electron chi connectivity index (χ3n) is 6.27. The lowest BCUT2D eigenvalue weighted by Crippen LogP contribution is -2.47. The number of nitrogens with one attached hydrogen (secondary N) is 1. The summed E-state index contributed by atoms with van der Waals surface area (Å²) in [6.07, 6.45) is 4.85. The Hall–Kier alpha value is -3.82. The highest BCUT2D eigenvalue weighted by atomic mass is 16.1. The molecule has 3 heterocycles. The Morgan fingerprint density at radius 2 is 1.72 bits per heavy atom. The number of nitrogens with zero attached hydrogens (tertiary/aromatic N) is 4. The summed E-state index contributed by atoms with van der Waals surface area (Å²) < 4.78 is 1.66. The molecule has 0 spiro atoms. The van der Waals surface area contributed by atoms with Gasteiger partial charge in [0.1, 0.15) is 0 Å². The molecule has 0 atom stereocenters. The van der Waals surface area contributed by atoms with Crippen molar-refractivity contribution in [3.05, 3.63) is 100 Å². The molecule has 1 fully saturated rings. The van der Waals surface area contributed by atoms with Crippen molar-refractivity contribution >= 4 is 22.3 Å². The maximum absolute atomic E-state index is 12.0. The number of rotatable bonds is 5. The average molecular weight is 424 g/mol. The summed E-state index contributed by atoms with van der Waals surface area (Å²) in [5.74, 6) is 0. The first-order chi connectivity index (χ1) is 15.7. The maximum atomic E-state index is 12.0. The highest BCUT2D eigenvalue weighted by Gasteiger charge is 2.17. The normalized spacial score (nSPS) is 14.5. The predicted molar refractivity (Wildman–Crippen MR) is 129 cm³/mol. The molecule has 4 aromatic rings. The number of H-pyrrole nitrogens is 1. The molecular formula is C26H25N5O. The van der Waals surface area contributed by atoms with Crippen LogP contribution in [-0.4, -0.2) is 47.2 Å². The molecule has 0 aliphatic carbocycles. The van der Waals surface area contributed by atoms with E-state index in [9.17, 15) is 4.79 Å². The monoisotopic (exact) mass is 423 g/mol. The van der Waals surface area contributed by atoms with Crippen molar-refractivity contribution < 1.29 is 0 Å². The summed E-state index contributed by atoms with van der Waals surface area (Å²) in [7, 11) is 0. The Morgan fingerprint density at radius 1 is 0.938 bits per heavy atom. The minimum atomic E-state index is -0.0191. The van der Waals surface area contributed by atoms with Crippen LogP contribution in [0.3, 0.4) is 0 Å². The molecule has 6 nitrogen and oxygen atoms in total. The van der Waals surface area contributed by atoms with Crippen LogP contribution in [0.4, 0.5) is 11.4 Å². The largest absolute Gasteiger partial charge is 0.369 e. The molecule has 1 N–H and O–H groups in total. The number of aromatic nitrogens is 2. The van der Waals surface area contributed by atoms with E-state index in [-0.39, 0.29) is 5.56 Å². The molecule has 0 saturated carbocycles. The summed E-state index contributed by atoms with van der Waals surface area (Å²) in [6.45, 7) is 12.3. The van der Waals surface area contributed by atoms with Gasteiger partial charge in [-0.25, -0.2) is 4.85 Å². The molecule has 0 unspecified atom stereocenters. The van der Waals surface area contributed by atoms with Crippen LogP contribution in [-0.2, 0) is 6.42 Å². The summed E-state index contributed by atoms with van der Waals surface area (Å²) >= 11 is 0. The van der Waals surface area contributed by atoms with Crippen LogP contribution >= 0.6 is 0 Å². The number of aromatic amines is 1. The second-order valence-corrected chi connectivity index (χ2v) is 8.16. The van der Waals surface area contributed by atoms with Crippen LogP contribution in [0.15, 0.2) is 77.9 Å². The van der Waals surface area contributed by atoms with E-state index >= 15 is 0 Å². The molecule has 2 aromatic heterocycles. The van der Waals surface area contributed by atoms with Gasteiger partial charge in [0.2, 0.25) is 0 Å². The summed E-state index contributed by atoms with van der Waals surface area (Å²) in [5, 5.41) is 1.16. The lowest BCUT2D eigenvalue weighted by atomic mass is 10.1. The van der Waals surface area contributed by atoms with Gasteiger partial charge in [0, 0.05) is 68.1 Å². The van der Waals surface area contributed by atoms with Gasteiger partial charge in [-0.15, -0.1) is 0 Å². The number of anilines is 1. The van der Waals surface area contributed by atoms with Crippen molar-refractivity contribution in [3.63, 3.8) is 0 Å². The number of piperazine rings is 1. The minimum Gasteiger partial charge on any atom is -0.369 e. The highest BCUT2D eigenvalue weighted by molar-refractivity contribution is 5.86. The SMILES string of the molecule is [C-]#[N+]c1ccc2[nH]cc(CCN3CCN(c4ccc(-n5ccccc5=O)cc4)CC3)c2c1. The Balaban J connectivity index is 1.18. The molecule has 2 aromatic carbocycles. The van der Waals surface area contributed by atoms with E-state index in [0.717, 1.165) is 55.7 Å². The molecule has 32 heavy (non-hydrogen) atoms. The number of pyridine rings is 1. The highest BCUT2D eigenvalue weighted by Crippen LogP contribution is 2.25. The second-order valence-electron chi connectivity index (χ2n) is 8.16. The Morgan fingerprint density at radius 3 is 2.47 bits per heavy atom. The first-order valence-corrected chi connectivity index (χ1v) is 10.9. The van der Waals surface area contributed by atoms with Crippen molar-refractivity contribution in [2.45, 2.75) is 6.42 Å². The molecule has 1 aliphatic heterocycles. The fraction of sp³-hybridized carbons (Fsp3) is 0.231. The van der Waals surface area contributed by atoms with E-state index in [1.165, 1.54) is 11.3 Å². The fourth-order valence-corrected chi connectivity index (χ4v) is 4.42. The van der Waals surface area contributed by atoms with Crippen LogP contribution in [0.25, 0.3) is 21.4 Å². The van der Waals surface area contributed by atoms with Gasteiger partial charge in [-0.1, -0.05) is 12.1 Å². The third kappa shape index (κ3) is 4.03. The maximum Gasteiger partial charge on any atom is 0.255 e. The number of fused-ring (bicyclic) bond motifs is 1. The molecule has 0 amide bonds. The zero-order valence-electron chi connectivity index (χ0n) is 17.9. The molecule has 6 heteroatoms. The Labute approximate surface area is 187 Å². The zero-order valence-corrected chi connectivity index (χ0v) is 17.9. The van der Waals surface area contributed by atoms with Gasteiger partial charge >= 0.3 is 0 Å². The van der Waals surface area contributed by atoms with Crippen LogP contribution in [0.2, 0.25) is 0 Å². The van der Waals surface area contributed by atoms with E-state index in [2.05, 4.69) is 38.0 Å². The Bertz CT molecular complexity index is 1320. The third-order valence-corrected chi connectivity index (χ3v) is 6.27. The van der Waals surface area contributed by atoms with Crippen LogP contribution < -0.4 is 10.5 Å². The van der Waals surface area contributed by atoms with Gasteiger partial charge < -0.3 is 9.88 Å². The number of benzene rings is 2. The molecule has 0 radical (unpaired) electrons. The molecular weight excluding hydrogens is 398 g/mol. The quantitative estimate of drug-likeness (QED) is 0.489. The van der Waals surface area contributed by atoms with Gasteiger partial charge in [0.05, 0.1) is 6.57 Å². The predicted octanol–water partition coefficient (Wildman–Crippen LogP) is 4.23. The standard InChI is InChI=1S/C26H25N5O/c1-27-21-5-10-25-24(18-21)20(19-28-25)11-13-29-14-16-30(17-15-29)22-6-8-23(9-7-22)31-12-3-2-4-26(31)32/h2-10,12,18-19,28H,11,13-17H2. The van der Waals surface area contributed by atoms with Crippen LogP contribution in [0.1, 0.15) is 5.56 Å². The smallest absolute Gasteiger partial charge is 0.255 e. The van der Waals surface area contributed by atoms with Crippen molar-refractivity contribution in [2.24, 2.45) is 0 Å². The second kappa shape index (κ2) is 8.74. The van der Waals surface area contributed by atoms with Crippen molar-refractivity contribution in [2.75, 3.05) is 37.6 Å². The van der Waals surface area contributed by atoms with Gasteiger partial charge in [0.15, 0.2) is 5.69 Å². The van der Waals surface area contributed by atoms with E-state index < -0.39 is 0 Å². The summed E-state index contributed by atoms with van der Waals surface area (Å²) in [5.41, 5.74) is 5.13. The van der Waals surface area contributed by atoms with Crippen LogP contribution in [0, 0.1) is 6.57 Å². The molecule has 1 saturated heterocycles. The zero-order chi connectivity index (χ0) is 21.9. The summed E-state index contributed by atoms with van der Waals surface area (Å²) in [6, 6.07) is 19.3. The van der Waals surface area contributed by atoms with Gasteiger partial charge in [-0.3, -0.25) is 14.3 Å². The lowest BCUT2D eigenvalue weighted by Gasteiger charge is -2.36. The van der Waals surface area contributed by atoms with Crippen molar-refractivity contribution in [1.29, 1.82) is 0 Å². The van der Waals surface area contributed by atoms with Crippen LogP contribution in [0.5, 0.6) is 0 Å². The van der Waals surface area contributed by atoms with Crippen molar-refractivity contribution in [1.82, 2.24) is 14.5 Å².